The molecule has 0 spiro atoms. The Morgan fingerprint density at radius 3 is 2.94 bits per heavy atom. The number of hydrogen-bond donors (Lipinski definition) is 2. The molecule has 2 heterocycles. The first-order valence-corrected chi connectivity index (χ1v) is 4.94. The van der Waals surface area contributed by atoms with Gasteiger partial charge in [-0.15, -0.1) is 0 Å². The number of hydrazine groups is 1. The monoisotopic (exact) mass is 223 g/mol. The van der Waals surface area contributed by atoms with Crippen LogP contribution in [0.15, 0.2) is 0 Å². The van der Waals surface area contributed by atoms with Crippen molar-refractivity contribution in [2.24, 2.45) is 5.84 Å². The van der Waals surface area contributed by atoms with Crippen LogP contribution in [0.5, 0.6) is 5.75 Å². The molecule has 0 unspecified atom stereocenters. The molecule has 0 saturated carbocycles. The fraction of sp³-hybridized carbons (Fsp3) is 0.444. The molecule has 7 heteroatoms. The minimum Gasteiger partial charge on any atom is -0.476 e. The number of hydrogen-bond acceptors (Lipinski definition) is 6. The minimum absolute atomic E-state index is 0.0208. The third-order valence-electron chi connectivity index (χ3n) is 2.38. The highest BCUT2D eigenvalue weighted by Crippen LogP contribution is 2.34. The fourth-order valence-electron chi connectivity index (χ4n) is 1.45. The maximum atomic E-state index is 11.4. The van der Waals surface area contributed by atoms with Crippen molar-refractivity contribution in [2.75, 3.05) is 24.0 Å². The highest BCUT2D eigenvalue weighted by atomic mass is 16.5. The summed E-state index contributed by atoms with van der Waals surface area (Å²) in [6, 6.07) is 0. The van der Waals surface area contributed by atoms with Gasteiger partial charge in [-0.2, -0.15) is 0 Å². The molecule has 0 saturated heterocycles. The molecule has 0 aromatic carbocycles. The number of ether oxygens (including phenoxy) is 1. The number of nitrogen functional groups attached to an aromatic ring is 1. The van der Waals surface area contributed by atoms with E-state index in [1.165, 1.54) is 4.90 Å². The van der Waals surface area contributed by atoms with Crippen LogP contribution in [-0.2, 0) is 11.2 Å². The lowest BCUT2D eigenvalue weighted by Crippen LogP contribution is -2.37. The van der Waals surface area contributed by atoms with Gasteiger partial charge < -0.3 is 10.2 Å². The van der Waals surface area contributed by atoms with Crippen LogP contribution in [0.4, 0.5) is 11.6 Å². The van der Waals surface area contributed by atoms with Crippen LogP contribution in [0.25, 0.3) is 0 Å². The number of fused-ring (bicyclic) bond motifs is 1. The summed E-state index contributed by atoms with van der Waals surface area (Å²) < 4.78 is 5.27. The first kappa shape index (κ1) is 10.6. The average Bonchev–Trinajstić information content (AvgIpc) is 2.32. The normalized spacial score (nSPS) is 14.4. The summed E-state index contributed by atoms with van der Waals surface area (Å²) in [6.07, 6.45) is 0.657. The molecule has 1 amide bonds. The first-order valence-electron chi connectivity index (χ1n) is 4.94. The van der Waals surface area contributed by atoms with E-state index < -0.39 is 0 Å². The van der Waals surface area contributed by atoms with Crippen molar-refractivity contribution < 1.29 is 9.53 Å². The maximum Gasteiger partial charge on any atom is 0.265 e. The van der Waals surface area contributed by atoms with Gasteiger partial charge in [-0.1, -0.05) is 6.92 Å². The number of carbonyl (C=O) groups excluding carboxylic acids is 1. The Bertz CT molecular complexity index is 434. The number of amides is 1. The van der Waals surface area contributed by atoms with Gasteiger partial charge in [0.2, 0.25) is 5.75 Å². The van der Waals surface area contributed by atoms with E-state index in [2.05, 4.69) is 15.4 Å². The molecule has 1 aliphatic rings. The van der Waals surface area contributed by atoms with E-state index in [0.717, 1.165) is 0 Å². The SMILES string of the molecule is CCc1nc(NN)c2c(n1)N(C)C(=O)CO2. The van der Waals surface area contributed by atoms with Gasteiger partial charge in [0, 0.05) is 13.5 Å². The number of nitrogens with two attached hydrogens (primary N) is 1. The molecule has 0 fully saturated rings. The van der Waals surface area contributed by atoms with E-state index in [1.54, 1.807) is 7.05 Å². The second-order valence-electron chi connectivity index (χ2n) is 3.38. The van der Waals surface area contributed by atoms with Crippen molar-refractivity contribution in [3.05, 3.63) is 5.82 Å². The number of carbonyl (C=O) groups is 1. The highest BCUT2D eigenvalue weighted by molar-refractivity contribution is 5.97. The minimum atomic E-state index is -0.142. The average molecular weight is 223 g/mol. The van der Waals surface area contributed by atoms with E-state index >= 15 is 0 Å². The van der Waals surface area contributed by atoms with Crippen molar-refractivity contribution in [3.8, 4) is 5.75 Å². The summed E-state index contributed by atoms with van der Waals surface area (Å²) in [5.74, 6) is 7.10. The van der Waals surface area contributed by atoms with E-state index in [-0.39, 0.29) is 12.5 Å². The molecule has 0 radical (unpaired) electrons. The second kappa shape index (κ2) is 3.93. The molecule has 3 N–H and O–H groups in total. The Balaban J connectivity index is 2.56. The molecule has 7 nitrogen and oxygen atoms in total. The number of aryl methyl sites for hydroxylation is 1. The topological polar surface area (TPSA) is 93.4 Å². The number of rotatable bonds is 2. The molecule has 0 atom stereocenters. The molecule has 86 valence electrons. The zero-order valence-corrected chi connectivity index (χ0v) is 9.15. The zero-order chi connectivity index (χ0) is 11.7. The van der Waals surface area contributed by atoms with Crippen molar-refractivity contribution in [2.45, 2.75) is 13.3 Å². The summed E-state index contributed by atoms with van der Waals surface area (Å²) in [5.41, 5.74) is 2.45. The number of nitrogens with zero attached hydrogens (tertiary/aromatic N) is 3. The molecule has 1 aliphatic heterocycles. The van der Waals surface area contributed by atoms with Crippen LogP contribution in [-0.4, -0.2) is 29.5 Å². The molecule has 1 aromatic rings. The van der Waals surface area contributed by atoms with Gasteiger partial charge in [0.25, 0.3) is 5.91 Å². The van der Waals surface area contributed by atoms with E-state index in [9.17, 15) is 4.79 Å². The standard InChI is InChI=1S/C9H13N5O2/c1-3-5-11-8(13-10)7-9(12-5)14(2)6(15)4-16-7/h3-4,10H2,1-2H3,(H,11,12,13). The predicted octanol–water partition coefficient (Wildman–Crippen LogP) is -0.320. The number of nitrogens with one attached hydrogen (secondary N) is 1. The zero-order valence-electron chi connectivity index (χ0n) is 9.15. The van der Waals surface area contributed by atoms with Crippen LogP contribution >= 0.6 is 0 Å². The van der Waals surface area contributed by atoms with Gasteiger partial charge in [0.1, 0.15) is 5.82 Å². The van der Waals surface area contributed by atoms with Crippen molar-refractivity contribution >= 4 is 17.5 Å². The molecular formula is C9H13N5O2. The van der Waals surface area contributed by atoms with Crippen molar-refractivity contribution in [3.63, 3.8) is 0 Å². The van der Waals surface area contributed by atoms with Gasteiger partial charge in [-0.05, 0) is 0 Å². The Kier molecular flexibility index (Phi) is 2.61. The van der Waals surface area contributed by atoms with E-state index in [0.29, 0.717) is 29.6 Å². The molecule has 2 rings (SSSR count). The van der Waals surface area contributed by atoms with Crippen molar-refractivity contribution in [1.29, 1.82) is 0 Å². The lowest BCUT2D eigenvalue weighted by Gasteiger charge is -2.26. The van der Waals surface area contributed by atoms with Crippen LogP contribution in [0.3, 0.4) is 0 Å². The summed E-state index contributed by atoms with van der Waals surface area (Å²) in [5, 5.41) is 0. The van der Waals surface area contributed by atoms with E-state index in [1.807, 2.05) is 6.92 Å². The van der Waals surface area contributed by atoms with Crippen molar-refractivity contribution in [1.82, 2.24) is 9.97 Å². The summed E-state index contributed by atoms with van der Waals surface area (Å²) in [4.78, 5) is 21.3. The van der Waals surface area contributed by atoms with Gasteiger partial charge in [-0.25, -0.2) is 15.8 Å². The predicted molar refractivity (Wildman–Crippen MR) is 58.1 cm³/mol. The number of likely N-dealkylation sites (N-methyl/N-ethyl adjacent to an activating group) is 1. The second-order valence-corrected chi connectivity index (χ2v) is 3.38. The van der Waals surface area contributed by atoms with Crippen LogP contribution in [0.1, 0.15) is 12.7 Å². The van der Waals surface area contributed by atoms with Gasteiger partial charge in [0.15, 0.2) is 18.2 Å². The van der Waals surface area contributed by atoms with Crippen LogP contribution in [0, 0.1) is 0 Å². The van der Waals surface area contributed by atoms with E-state index in [4.69, 9.17) is 10.6 Å². The molecule has 16 heavy (non-hydrogen) atoms. The quantitative estimate of drug-likeness (QED) is 0.527. The summed E-state index contributed by atoms with van der Waals surface area (Å²) in [6.45, 7) is 1.90. The number of anilines is 2. The van der Waals surface area contributed by atoms with Gasteiger partial charge >= 0.3 is 0 Å². The smallest absolute Gasteiger partial charge is 0.265 e. The Morgan fingerprint density at radius 2 is 2.31 bits per heavy atom. The Labute approximate surface area is 92.6 Å². The molecule has 0 aliphatic carbocycles. The molecule has 1 aromatic heterocycles. The third kappa shape index (κ3) is 1.54. The largest absolute Gasteiger partial charge is 0.476 e. The maximum absolute atomic E-state index is 11.4. The molecule has 0 bridgehead atoms. The first-order chi connectivity index (χ1) is 7.67. The number of aromatic nitrogens is 2. The Hall–Kier alpha value is -1.89. The molecular weight excluding hydrogens is 210 g/mol. The van der Waals surface area contributed by atoms with Crippen LogP contribution in [0.2, 0.25) is 0 Å². The fourth-order valence-corrected chi connectivity index (χ4v) is 1.45. The Morgan fingerprint density at radius 1 is 1.56 bits per heavy atom. The lowest BCUT2D eigenvalue weighted by atomic mass is 10.3. The van der Waals surface area contributed by atoms with Gasteiger partial charge in [-0.3, -0.25) is 9.69 Å². The highest BCUT2D eigenvalue weighted by Gasteiger charge is 2.27. The third-order valence-corrected chi connectivity index (χ3v) is 2.38. The summed E-state index contributed by atoms with van der Waals surface area (Å²) in [7, 11) is 1.65. The summed E-state index contributed by atoms with van der Waals surface area (Å²) >= 11 is 0. The van der Waals surface area contributed by atoms with Crippen LogP contribution < -0.4 is 20.9 Å². The lowest BCUT2D eigenvalue weighted by molar-refractivity contribution is -0.121. The van der Waals surface area contributed by atoms with Gasteiger partial charge in [0.05, 0.1) is 0 Å².